The number of hydrogen-bond donors (Lipinski definition) is 2. The fourth-order valence-electron chi connectivity index (χ4n) is 0.828. The Morgan fingerprint density at radius 3 is 2.50 bits per heavy atom. The minimum Gasteiger partial charge on any atom is -0.316 e. The minimum absolute atomic E-state index is 0.136. The Bertz CT molecular complexity index is 267. The van der Waals surface area contributed by atoms with Crippen LogP contribution in [0.5, 0.6) is 0 Å². The Kier molecular flexibility index (Phi) is 6.78. The quantitative estimate of drug-likeness (QED) is 0.485. The maximum absolute atomic E-state index is 11.3. The van der Waals surface area contributed by atoms with Gasteiger partial charge in [0, 0.05) is 13.1 Å². The molecule has 0 aliphatic rings. The third kappa shape index (κ3) is 8.22. The lowest BCUT2D eigenvalue weighted by Crippen LogP contribution is -2.32. The van der Waals surface area contributed by atoms with Crippen molar-refractivity contribution in [3.8, 4) is 0 Å². The molecule has 0 heterocycles. The van der Waals surface area contributed by atoms with E-state index in [0.29, 0.717) is 13.1 Å². The number of hydrogen-bond acceptors (Lipinski definition) is 3. The van der Waals surface area contributed by atoms with E-state index in [-0.39, 0.29) is 5.75 Å². The molecule has 4 nitrogen and oxygen atoms in total. The molecule has 84 valence electrons. The van der Waals surface area contributed by atoms with Crippen LogP contribution < -0.4 is 10.0 Å². The Hall–Kier alpha value is -0.390. The molecule has 0 aromatic heterocycles. The van der Waals surface area contributed by atoms with E-state index in [9.17, 15) is 8.42 Å². The molecule has 14 heavy (non-hydrogen) atoms. The van der Waals surface area contributed by atoms with Crippen molar-refractivity contribution in [3.05, 3.63) is 11.6 Å². The monoisotopic (exact) mass is 220 g/mol. The predicted molar refractivity (Wildman–Crippen MR) is 59.8 cm³/mol. The van der Waals surface area contributed by atoms with Gasteiger partial charge in [-0.1, -0.05) is 18.6 Å². The Balaban J connectivity index is 3.79. The van der Waals surface area contributed by atoms with Crippen LogP contribution in [-0.4, -0.2) is 33.8 Å². The van der Waals surface area contributed by atoms with E-state index < -0.39 is 10.0 Å². The molecule has 0 radical (unpaired) electrons. The highest BCUT2D eigenvalue weighted by Crippen LogP contribution is 1.88. The lowest BCUT2D eigenvalue weighted by molar-refractivity contribution is 0.581. The van der Waals surface area contributed by atoms with Gasteiger partial charge in [0.05, 0.1) is 5.75 Å². The van der Waals surface area contributed by atoms with E-state index in [1.807, 2.05) is 26.8 Å². The first kappa shape index (κ1) is 13.6. The fourth-order valence-corrected chi connectivity index (χ4v) is 1.72. The van der Waals surface area contributed by atoms with Gasteiger partial charge in [-0.2, -0.15) is 0 Å². The van der Waals surface area contributed by atoms with Crippen LogP contribution in [0.2, 0.25) is 0 Å². The minimum atomic E-state index is -3.11. The molecule has 0 saturated carbocycles. The molecule has 0 bridgehead atoms. The molecule has 0 aromatic rings. The van der Waals surface area contributed by atoms with Gasteiger partial charge in [0.2, 0.25) is 10.0 Å². The summed E-state index contributed by atoms with van der Waals surface area (Å²) in [5.74, 6) is 0.136. The number of nitrogens with one attached hydrogen (secondary N) is 2. The van der Waals surface area contributed by atoms with Crippen LogP contribution in [0.25, 0.3) is 0 Å². The summed E-state index contributed by atoms with van der Waals surface area (Å²) in [6.45, 7) is 7.50. The topological polar surface area (TPSA) is 58.2 Å². The second-order valence-corrected chi connectivity index (χ2v) is 5.23. The Morgan fingerprint density at radius 1 is 1.36 bits per heavy atom. The first-order chi connectivity index (χ1) is 6.48. The van der Waals surface area contributed by atoms with Crippen molar-refractivity contribution >= 4 is 10.0 Å². The van der Waals surface area contributed by atoms with Crippen molar-refractivity contribution in [2.45, 2.75) is 20.8 Å². The van der Waals surface area contributed by atoms with Gasteiger partial charge in [0.1, 0.15) is 0 Å². The summed E-state index contributed by atoms with van der Waals surface area (Å²) in [6.07, 6.45) is 1.85. The normalized spacial score (nSPS) is 11.4. The maximum atomic E-state index is 11.3. The molecule has 5 heteroatoms. The highest BCUT2D eigenvalue weighted by Gasteiger charge is 2.06. The van der Waals surface area contributed by atoms with Crippen LogP contribution in [0.1, 0.15) is 20.8 Å². The third-order valence-electron chi connectivity index (χ3n) is 1.61. The molecule has 2 N–H and O–H groups in total. The van der Waals surface area contributed by atoms with Gasteiger partial charge in [-0.15, -0.1) is 0 Å². The average Bonchev–Trinajstić information content (AvgIpc) is 2.03. The van der Waals surface area contributed by atoms with E-state index in [2.05, 4.69) is 10.0 Å². The molecule has 0 aliphatic carbocycles. The molecule has 0 aromatic carbocycles. The second-order valence-electron chi connectivity index (χ2n) is 3.30. The molecular formula is C9H20N2O2S. The first-order valence-electron chi connectivity index (χ1n) is 4.79. The van der Waals surface area contributed by atoms with E-state index in [4.69, 9.17) is 0 Å². The van der Waals surface area contributed by atoms with E-state index in [0.717, 1.165) is 12.1 Å². The molecule has 0 aliphatic heterocycles. The van der Waals surface area contributed by atoms with Gasteiger partial charge in [0.15, 0.2) is 0 Å². The van der Waals surface area contributed by atoms with Crippen molar-refractivity contribution in [1.82, 2.24) is 10.0 Å². The number of sulfonamides is 1. The molecule has 0 unspecified atom stereocenters. The van der Waals surface area contributed by atoms with Crippen LogP contribution in [-0.2, 0) is 10.0 Å². The van der Waals surface area contributed by atoms with Crippen molar-refractivity contribution < 1.29 is 8.42 Å². The summed E-state index contributed by atoms with van der Waals surface area (Å²) < 4.78 is 25.1. The van der Waals surface area contributed by atoms with Gasteiger partial charge >= 0.3 is 0 Å². The van der Waals surface area contributed by atoms with Crippen LogP contribution >= 0.6 is 0 Å². The second kappa shape index (κ2) is 6.98. The van der Waals surface area contributed by atoms with Gasteiger partial charge in [-0.05, 0) is 20.4 Å². The van der Waals surface area contributed by atoms with Crippen molar-refractivity contribution in [1.29, 1.82) is 0 Å². The third-order valence-corrected chi connectivity index (χ3v) is 2.96. The molecule has 0 rings (SSSR count). The van der Waals surface area contributed by atoms with Gasteiger partial charge < -0.3 is 5.32 Å². The number of allylic oxidation sites excluding steroid dienone is 1. The van der Waals surface area contributed by atoms with Gasteiger partial charge in [-0.25, -0.2) is 13.1 Å². The largest absolute Gasteiger partial charge is 0.316 e. The molecule has 0 spiro atoms. The zero-order valence-corrected chi connectivity index (χ0v) is 9.95. The van der Waals surface area contributed by atoms with Gasteiger partial charge in [-0.3, -0.25) is 0 Å². The lowest BCUT2D eigenvalue weighted by atomic mass is 10.3. The van der Waals surface area contributed by atoms with Crippen LogP contribution in [0.15, 0.2) is 11.6 Å². The first-order valence-corrected chi connectivity index (χ1v) is 6.44. The highest BCUT2D eigenvalue weighted by molar-refractivity contribution is 7.89. The summed E-state index contributed by atoms with van der Waals surface area (Å²) >= 11 is 0. The molecular weight excluding hydrogens is 200 g/mol. The van der Waals surface area contributed by atoms with Crippen LogP contribution in [0.3, 0.4) is 0 Å². The fraction of sp³-hybridized carbons (Fsp3) is 0.778. The summed E-state index contributed by atoms with van der Waals surface area (Å²) in [5.41, 5.74) is 1.11. The van der Waals surface area contributed by atoms with Gasteiger partial charge in [0.25, 0.3) is 0 Å². The van der Waals surface area contributed by atoms with Crippen LogP contribution in [0.4, 0.5) is 0 Å². The summed E-state index contributed by atoms with van der Waals surface area (Å²) in [6, 6.07) is 0. The lowest BCUT2D eigenvalue weighted by Gasteiger charge is -2.04. The summed E-state index contributed by atoms with van der Waals surface area (Å²) in [4.78, 5) is 0. The van der Waals surface area contributed by atoms with E-state index in [1.54, 1.807) is 0 Å². The van der Waals surface area contributed by atoms with E-state index >= 15 is 0 Å². The summed E-state index contributed by atoms with van der Waals surface area (Å²) in [7, 11) is -3.11. The Morgan fingerprint density at radius 2 is 2.00 bits per heavy atom. The Labute approximate surface area is 86.8 Å². The van der Waals surface area contributed by atoms with E-state index in [1.165, 1.54) is 0 Å². The average molecular weight is 220 g/mol. The highest BCUT2D eigenvalue weighted by atomic mass is 32.2. The molecule has 0 atom stereocenters. The summed E-state index contributed by atoms with van der Waals surface area (Å²) in [5, 5.41) is 2.97. The predicted octanol–water partition coefficient (Wildman–Crippen LogP) is 0.482. The zero-order valence-electron chi connectivity index (χ0n) is 9.13. The van der Waals surface area contributed by atoms with Crippen LogP contribution in [0, 0.1) is 0 Å². The smallest absolute Gasteiger partial charge is 0.213 e. The molecule has 0 saturated heterocycles. The van der Waals surface area contributed by atoms with Crippen molar-refractivity contribution in [3.63, 3.8) is 0 Å². The SMILES string of the molecule is CCNCCS(=O)(=O)NCC=C(C)C. The molecule has 0 amide bonds. The van der Waals surface area contributed by atoms with Crippen molar-refractivity contribution in [2.24, 2.45) is 0 Å². The maximum Gasteiger partial charge on any atom is 0.213 e. The zero-order chi connectivity index (χ0) is 11.0. The number of rotatable bonds is 7. The molecule has 0 fully saturated rings. The van der Waals surface area contributed by atoms with Crippen molar-refractivity contribution in [2.75, 3.05) is 25.4 Å². The standard InChI is InChI=1S/C9H20N2O2S/c1-4-10-7-8-14(12,13)11-6-5-9(2)3/h5,10-11H,4,6-8H2,1-3H3.